The van der Waals surface area contributed by atoms with Crippen LogP contribution in [0.25, 0.3) is 0 Å². The first-order valence-electron chi connectivity index (χ1n) is 14.6. The van der Waals surface area contributed by atoms with Crippen LogP contribution in [0.15, 0.2) is 0 Å². The molecule has 19 heteroatoms. The van der Waals surface area contributed by atoms with Crippen LogP contribution in [0.1, 0.15) is 12.8 Å². The Bertz CT molecular complexity index is 894. The van der Waals surface area contributed by atoms with E-state index in [4.69, 9.17) is 41.9 Å². The molecule has 17 N–H and O–H groups in total. The number of nitrogens with zero attached hydrogens (tertiary/aromatic N) is 1. The van der Waals surface area contributed by atoms with E-state index in [-0.39, 0.29) is 38.5 Å². The lowest BCUT2D eigenvalue weighted by Crippen LogP contribution is -2.70. The van der Waals surface area contributed by atoms with E-state index in [2.05, 4.69) is 16.0 Å². The van der Waals surface area contributed by atoms with Gasteiger partial charge in [-0.05, 0) is 12.8 Å². The quantitative estimate of drug-likeness (QED) is 0.0749. The van der Waals surface area contributed by atoms with Gasteiger partial charge in [-0.25, -0.2) is 9.86 Å². The van der Waals surface area contributed by atoms with Gasteiger partial charge in [-0.15, -0.1) is 0 Å². The molecule has 43 heavy (non-hydrogen) atoms. The Morgan fingerprint density at radius 3 is 2.21 bits per heavy atom. The number of amides is 2. The summed E-state index contributed by atoms with van der Waals surface area (Å²) in [6.45, 7) is 0.602. The Labute approximate surface area is 248 Å². The number of aliphatic hydroxyl groups excluding tert-OH is 5. The second-order valence-electron chi connectivity index (χ2n) is 11.6. The molecule has 250 valence electrons. The van der Waals surface area contributed by atoms with Crippen LogP contribution in [0.2, 0.25) is 0 Å². The van der Waals surface area contributed by atoms with Crippen molar-refractivity contribution in [1.82, 2.24) is 21.0 Å². The number of rotatable bonds is 11. The van der Waals surface area contributed by atoms with Crippen LogP contribution in [0.3, 0.4) is 0 Å². The van der Waals surface area contributed by atoms with E-state index >= 15 is 0 Å². The predicted molar refractivity (Wildman–Crippen MR) is 146 cm³/mol. The first-order chi connectivity index (χ1) is 20.5. The van der Waals surface area contributed by atoms with Gasteiger partial charge in [0.1, 0.15) is 36.6 Å². The van der Waals surface area contributed by atoms with Crippen molar-refractivity contribution in [2.45, 2.75) is 104 Å². The highest BCUT2D eigenvalue weighted by atomic mass is 16.7. The van der Waals surface area contributed by atoms with E-state index in [1.165, 1.54) is 0 Å². The van der Waals surface area contributed by atoms with Gasteiger partial charge in [-0.1, -0.05) is 0 Å². The Morgan fingerprint density at radius 1 is 0.930 bits per heavy atom. The SMILES string of the molecule is NCCN(O)C(=O)N[C@@H]1C[C@H](N)[C@@H](O[C@H]2O[C@H](CN)[C@@H](O)C[C@H]2NC2CNC2)[C@H](O)[C@H]1O[C@H]1O[C@H](CO)[C@@H](O)[C@H](N)[C@H]1O. The van der Waals surface area contributed by atoms with Crippen molar-refractivity contribution in [1.29, 1.82) is 0 Å². The van der Waals surface area contributed by atoms with Gasteiger partial charge >= 0.3 is 6.03 Å². The van der Waals surface area contributed by atoms with Crippen LogP contribution in [0, 0.1) is 0 Å². The third-order valence-electron chi connectivity index (χ3n) is 8.45. The molecule has 0 spiro atoms. The smallest absolute Gasteiger partial charge is 0.341 e. The molecule has 0 aromatic rings. The molecule has 4 rings (SSSR count). The number of aliphatic hydroxyl groups is 5. The molecular formula is C24H48N8O11. The normalized spacial score (nSPS) is 44.0. The molecule has 2 amide bonds. The van der Waals surface area contributed by atoms with Gasteiger partial charge < -0.3 is 83.4 Å². The number of hydroxylamine groups is 2. The molecule has 0 unspecified atom stereocenters. The summed E-state index contributed by atoms with van der Waals surface area (Å²) in [5.74, 6) is 0. The maximum atomic E-state index is 12.7. The number of urea groups is 1. The van der Waals surface area contributed by atoms with E-state index in [1.54, 1.807) is 0 Å². The molecule has 1 saturated carbocycles. The molecule has 0 bridgehead atoms. The molecule has 19 nitrogen and oxygen atoms in total. The standard InChI is InChI=1S/C24H48N8O11/c25-1-2-32(39)24(38)31-11-3-10(27)20(19(37)21(11)43-23-18(36)16(28)17(35)15(8-33)41-23)42-22-12(30-9-6-29-7-9)4-13(34)14(5-26)40-22/h9-23,29-30,33-37,39H,1-8,25-28H2,(H,31,38)/t10-,11+,12+,13-,14+,15+,16-,17+,18+,19-,20+,21-,22+,23+/m0/s1. The lowest BCUT2D eigenvalue weighted by Gasteiger charge is -2.49. The predicted octanol–water partition coefficient (Wildman–Crippen LogP) is -7.29. The third kappa shape index (κ3) is 7.90. The zero-order valence-electron chi connectivity index (χ0n) is 23.8. The number of hydrogen-bond acceptors (Lipinski definition) is 17. The monoisotopic (exact) mass is 624 g/mol. The fourth-order valence-electron chi connectivity index (χ4n) is 5.81. The number of ether oxygens (including phenoxy) is 4. The van der Waals surface area contributed by atoms with Gasteiger partial charge in [0.05, 0.1) is 43.5 Å². The lowest BCUT2D eigenvalue weighted by molar-refractivity contribution is -0.316. The largest absolute Gasteiger partial charge is 0.394 e. The van der Waals surface area contributed by atoms with Gasteiger partial charge in [0.15, 0.2) is 12.6 Å². The van der Waals surface area contributed by atoms with Crippen molar-refractivity contribution < 1.29 is 54.5 Å². The average molecular weight is 625 g/mol. The van der Waals surface area contributed by atoms with Crippen LogP contribution in [-0.4, -0.2) is 173 Å². The second kappa shape index (κ2) is 15.3. The zero-order valence-corrected chi connectivity index (χ0v) is 23.8. The summed E-state index contributed by atoms with van der Waals surface area (Å²) in [6.07, 6.45) is -12.1. The minimum Gasteiger partial charge on any atom is -0.394 e. The van der Waals surface area contributed by atoms with Crippen LogP contribution in [-0.2, 0) is 18.9 Å². The van der Waals surface area contributed by atoms with Crippen molar-refractivity contribution >= 4 is 6.03 Å². The molecule has 4 fully saturated rings. The number of carbonyl (C=O) groups is 1. The fourth-order valence-corrected chi connectivity index (χ4v) is 5.81. The molecule has 0 aromatic carbocycles. The molecule has 3 heterocycles. The summed E-state index contributed by atoms with van der Waals surface area (Å²) in [6, 6.07) is -4.51. The van der Waals surface area contributed by atoms with Gasteiger partial charge in [0.25, 0.3) is 0 Å². The number of hydrogen-bond donors (Lipinski definition) is 13. The van der Waals surface area contributed by atoms with E-state index in [9.17, 15) is 35.5 Å². The van der Waals surface area contributed by atoms with Gasteiger partial charge in [-0.2, -0.15) is 0 Å². The summed E-state index contributed by atoms with van der Waals surface area (Å²) in [4.78, 5) is 12.7. The summed E-state index contributed by atoms with van der Waals surface area (Å²) < 4.78 is 23.8. The number of nitrogens with two attached hydrogens (primary N) is 4. The lowest BCUT2D eigenvalue weighted by atomic mass is 9.83. The molecule has 0 aromatic heterocycles. The first kappa shape index (κ1) is 34.5. The van der Waals surface area contributed by atoms with E-state index in [0.29, 0.717) is 18.2 Å². The van der Waals surface area contributed by atoms with Crippen molar-refractivity contribution in [3.8, 4) is 0 Å². The molecule has 3 saturated heterocycles. The number of nitrogens with one attached hydrogen (secondary N) is 3. The molecule has 3 aliphatic heterocycles. The van der Waals surface area contributed by atoms with Gasteiger partial charge in [0.2, 0.25) is 0 Å². The summed E-state index contributed by atoms with van der Waals surface area (Å²) in [7, 11) is 0. The Morgan fingerprint density at radius 2 is 1.60 bits per heavy atom. The highest BCUT2D eigenvalue weighted by molar-refractivity contribution is 5.73. The van der Waals surface area contributed by atoms with Crippen molar-refractivity contribution in [3.05, 3.63) is 0 Å². The molecule has 4 aliphatic rings. The van der Waals surface area contributed by atoms with Crippen LogP contribution < -0.4 is 38.9 Å². The molecule has 0 radical (unpaired) electrons. The Balaban J connectivity index is 1.55. The first-order valence-corrected chi connectivity index (χ1v) is 14.6. The Kier molecular flexibility index (Phi) is 12.3. The number of carbonyl (C=O) groups excluding carboxylic acids is 1. The van der Waals surface area contributed by atoms with E-state index < -0.39 is 98.2 Å². The van der Waals surface area contributed by atoms with Crippen LogP contribution in [0.5, 0.6) is 0 Å². The minimum atomic E-state index is -1.58. The molecule has 1 aliphatic carbocycles. The van der Waals surface area contributed by atoms with Gasteiger partial charge in [-0.3, -0.25) is 5.21 Å². The highest BCUT2D eigenvalue weighted by Crippen LogP contribution is 2.32. The van der Waals surface area contributed by atoms with E-state index in [1.807, 2.05) is 0 Å². The van der Waals surface area contributed by atoms with Gasteiger partial charge in [0, 0.05) is 38.3 Å². The zero-order chi connectivity index (χ0) is 31.4. The van der Waals surface area contributed by atoms with E-state index in [0.717, 1.165) is 0 Å². The Hall–Kier alpha value is -1.37. The summed E-state index contributed by atoms with van der Waals surface area (Å²) >= 11 is 0. The second-order valence-corrected chi connectivity index (χ2v) is 11.6. The maximum Gasteiger partial charge on any atom is 0.341 e. The maximum absolute atomic E-state index is 12.7. The highest BCUT2D eigenvalue weighted by Gasteiger charge is 2.52. The third-order valence-corrected chi connectivity index (χ3v) is 8.45. The van der Waals surface area contributed by atoms with Crippen LogP contribution in [0.4, 0.5) is 4.79 Å². The topological polar surface area (TPSA) is 319 Å². The van der Waals surface area contributed by atoms with Crippen molar-refractivity contribution in [2.24, 2.45) is 22.9 Å². The summed E-state index contributed by atoms with van der Waals surface area (Å²) in [5.41, 5.74) is 23.6. The fraction of sp³-hybridized carbons (Fsp3) is 0.958. The average Bonchev–Trinajstić information content (AvgIpc) is 2.95. The van der Waals surface area contributed by atoms with Crippen molar-refractivity contribution in [2.75, 3.05) is 39.3 Å². The minimum absolute atomic E-state index is 0.0212. The molecular weight excluding hydrogens is 576 g/mol. The summed E-state index contributed by atoms with van der Waals surface area (Å²) in [5, 5.41) is 72.2. The van der Waals surface area contributed by atoms with Crippen molar-refractivity contribution in [3.63, 3.8) is 0 Å². The van der Waals surface area contributed by atoms with Crippen LogP contribution >= 0.6 is 0 Å². The molecule has 14 atom stereocenters.